The number of aromatic nitrogens is 2. The lowest BCUT2D eigenvalue weighted by molar-refractivity contribution is 0.557. The molecule has 17 heavy (non-hydrogen) atoms. The molecule has 2 aromatic rings. The summed E-state index contributed by atoms with van der Waals surface area (Å²) in [7, 11) is 0. The minimum atomic E-state index is -0.168. The van der Waals surface area contributed by atoms with Crippen molar-refractivity contribution in [3.63, 3.8) is 0 Å². The number of nitrogens with one attached hydrogen (secondary N) is 1. The SMILES string of the molecule is CC(N)C1(c2ccc3[nH]c(=O)cnc3c2)CC1. The summed E-state index contributed by atoms with van der Waals surface area (Å²) in [5, 5.41) is 0. The molecule has 0 radical (unpaired) electrons. The molecule has 1 atom stereocenters. The topological polar surface area (TPSA) is 71.8 Å². The van der Waals surface area contributed by atoms with Crippen LogP contribution in [-0.2, 0) is 5.41 Å². The van der Waals surface area contributed by atoms with E-state index in [9.17, 15) is 4.79 Å². The molecule has 1 unspecified atom stereocenters. The number of aromatic amines is 1. The van der Waals surface area contributed by atoms with E-state index in [1.54, 1.807) is 0 Å². The van der Waals surface area contributed by atoms with Crippen LogP contribution in [-0.4, -0.2) is 16.0 Å². The van der Waals surface area contributed by atoms with Crippen LogP contribution in [0.3, 0.4) is 0 Å². The van der Waals surface area contributed by atoms with Crippen molar-refractivity contribution >= 4 is 11.0 Å². The fourth-order valence-corrected chi connectivity index (χ4v) is 2.49. The Bertz CT molecular complexity index is 626. The van der Waals surface area contributed by atoms with E-state index in [1.165, 1.54) is 11.8 Å². The molecular weight excluding hydrogens is 214 g/mol. The summed E-state index contributed by atoms with van der Waals surface area (Å²) >= 11 is 0. The average Bonchev–Trinajstić information content (AvgIpc) is 3.09. The van der Waals surface area contributed by atoms with Crippen LogP contribution < -0.4 is 11.3 Å². The smallest absolute Gasteiger partial charge is 0.266 e. The van der Waals surface area contributed by atoms with Crippen molar-refractivity contribution in [1.82, 2.24) is 9.97 Å². The molecule has 1 fully saturated rings. The van der Waals surface area contributed by atoms with Crippen molar-refractivity contribution in [2.24, 2.45) is 5.73 Å². The molecule has 1 aromatic carbocycles. The number of fused-ring (bicyclic) bond motifs is 1. The molecule has 0 bridgehead atoms. The molecule has 1 aliphatic carbocycles. The fourth-order valence-electron chi connectivity index (χ4n) is 2.49. The first-order valence-electron chi connectivity index (χ1n) is 5.87. The third kappa shape index (κ3) is 1.56. The monoisotopic (exact) mass is 229 g/mol. The Hall–Kier alpha value is -1.68. The van der Waals surface area contributed by atoms with Gasteiger partial charge < -0.3 is 10.7 Å². The maximum atomic E-state index is 11.1. The first-order chi connectivity index (χ1) is 8.12. The van der Waals surface area contributed by atoms with Gasteiger partial charge >= 0.3 is 0 Å². The standard InChI is InChI=1S/C13H15N3O/c1-8(14)13(4-5-13)9-2-3-10-11(6-9)15-7-12(17)16-10/h2-3,6-8H,4-5,14H2,1H3,(H,16,17). The maximum Gasteiger partial charge on any atom is 0.266 e. The van der Waals surface area contributed by atoms with Gasteiger partial charge in [-0.25, -0.2) is 4.98 Å². The van der Waals surface area contributed by atoms with Crippen LogP contribution in [0.5, 0.6) is 0 Å². The highest BCUT2D eigenvalue weighted by atomic mass is 16.1. The number of nitrogens with two attached hydrogens (primary N) is 1. The van der Waals surface area contributed by atoms with Gasteiger partial charge in [0.25, 0.3) is 5.56 Å². The van der Waals surface area contributed by atoms with Gasteiger partial charge in [-0.1, -0.05) is 6.07 Å². The highest BCUT2D eigenvalue weighted by molar-refractivity contribution is 5.75. The summed E-state index contributed by atoms with van der Waals surface area (Å²) in [4.78, 5) is 18.1. The Morgan fingerprint density at radius 2 is 2.24 bits per heavy atom. The molecule has 3 N–H and O–H groups in total. The van der Waals surface area contributed by atoms with E-state index >= 15 is 0 Å². The number of nitrogens with zero attached hydrogens (tertiary/aromatic N) is 1. The molecule has 4 nitrogen and oxygen atoms in total. The van der Waals surface area contributed by atoms with E-state index in [4.69, 9.17) is 5.73 Å². The molecular formula is C13H15N3O. The summed E-state index contributed by atoms with van der Waals surface area (Å²) in [5.74, 6) is 0. The Morgan fingerprint density at radius 1 is 1.47 bits per heavy atom. The summed E-state index contributed by atoms with van der Waals surface area (Å²) < 4.78 is 0. The van der Waals surface area contributed by atoms with E-state index in [0.29, 0.717) is 0 Å². The van der Waals surface area contributed by atoms with Gasteiger partial charge in [0.2, 0.25) is 0 Å². The van der Waals surface area contributed by atoms with Gasteiger partial charge in [0.05, 0.1) is 17.2 Å². The van der Waals surface area contributed by atoms with Crippen molar-refractivity contribution in [3.05, 3.63) is 40.3 Å². The van der Waals surface area contributed by atoms with E-state index < -0.39 is 0 Å². The van der Waals surface area contributed by atoms with Crippen LogP contribution in [0, 0.1) is 0 Å². The predicted octanol–water partition coefficient (Wildman–Crippen LogP) is 1.30. The Balaban J connectivity index is 2.15. The predicted molar refractivity (Wildman–Crippen MR) is 66.9 cm³/mol. The summed E-state index contributed by atoms with van der Waals surface area (Å²) in [6.07, 6.45) is 3.59. The largest absolute Gasteiger partial charge is 0.327 e. The van der Waals surface area contributed by atoms with Crippen LogP contribution in [0.2, 0.25) is 0 Å². The van der Waals surface area contributed by atoms with Gasteiger partial charge in [-0.15, -0.1) is 0 Å². The highest BCUT2D eigenvalue weighted by Gasteiger charge is 2.47. The quantitative estimate of drug-likeness (QED) is 0.815. The Kier molecular flexibility index (Phi) is 2.10. The van der Waals surface area contributed by atoms with Gasteiger partial charge in [0.1, 0.15) is 0 Å². The van der Waals surface area contributed by atoms with Gasteiger partial charge in [-0.05, 0) is 37.5 Å². The number of benzene rings is 1. The van der Waals surface area contributed by atoms with Crippen LogP contribution in [0.1, 0.15) is 25.3 Å². The molecule has 1 aliphatic rings. The average molecular weight is 229 g/mol. The molecule has 0 amide bonds. The van der Waals surface area contributed by atoms with Crippen molar-refractivity contribution < 1.29 is 0 Å². The van der Waals surface area contributed by atoms with E-state index in [2.05, 4.69) is 23.0 Å². The molecule has 1 aromatic heterocycles. The van der Waals surface area contributed by atoms with Crippen molar-refractivity contribution in [2.45, 2.75) is 31.2 Å². The zero-order chi connectivity index (χ0) is 12.0. The molecule has 3 rings (SSSR count). The molecule has 88 valence electrons. The second-order valence-corrected chi connectivity index (χ2v) is 4.92. The number of H-pyrrole nitrogens is 1. The highest BCUT2D eigenvalue weighted by Crippen LogP contribution is 2.50. The molecule has 0 spiro atoms. The number of hydrogen-bond donors (Lipinski definition) is 2. The molecule has 4 heteroatoms. The van der Waals surface area contributed by atoms with Crippen LogP contribution >= 0.6 is 0 Å². The minimum absolute atomic E-state index is 0.131. The first kappa shape index (κ1) is 10.5. The van der Waals surface area contributed by atoms with Crippen LogP contribution in [0.15, 0.2) is 29.2 Å². The third-order valence-electron chi connectivity index (χ3n) is 3.81. The lowest BCUT2D eigenvalue weighted by Crippen LogP contribution is -2.31. The second-order valence-electron chi connectivity index (χ2n) is 4.92. The lowest BCUT2D eigenvalue weighted by Gasteiger charge is -2.20. The summed E-state index contributed by atoms with van der Waals surface area (Å²) in [6, 6.07) is 6.17. The van der Waals surface area contributed by atoms with Gasteiger partial charge in [-0.2, -0.15) is 0 Å². The number of hydrogen-bond acceptors (Lipinski definition) is 3. The zero-order valence-electron chi connectivity index (χ0n) is 9.73. The van der Waals surface area contributed by atoms with E-state index in [0.717, 1.165) is 23.9 Å². The van der Waals surface area contributed by atoms with E-state index in [1.807, 2.05) is 12.1 Å². The summed E-state index contributed by atoms with van der Waals surface area (Å²) in [6.45, 7) is 2.05. The van der Waals surface area contributed by atoms with Gasteiger partial charge in [0, 0.05) is 11.5 Å². The van der Waals surface area contributed by atoms with Crippen LogP contribution in [0.4, 0.5) is 0 Å². The minimum Gasteiger partial charge on any atom is -0.327 e. The van der Waals surface area contributed by atoms with Gasteiger partial charge in [0.15, 0.2) is 0 Å². The normalized spacial score (nSPS) is 19.2. The van der Waals surface area contributed by atoms with Crippen molar-refractivity contribution in [2.75, 3.05) is 0 Å². The van der Waals surface area contributed by atoms with Gasteiger partial charge in [-0.3, -0.25) is 4.79 Å². The maximum absolute atomic E-state index is 11.1. The lowest BCUT2D eigenvalue weighted by atomic mass is 9.89. The molecule has 1 saturated carbocycles. The molecule has 0 saturated heterocycles. The molecule has 0 aliphatic heterocycles. The van der Waals surface area contributed by atoms with Crippen molar-refractivity contribution in [1.29, 1.82) is 0 Å². The second kappa shape index (κ2) is 3.40. The Labute approximate surface area is 98.9 Å². The van der Waals surface area contributed by atoms with E-state index in [-0.39, 0.29) is 17.0 Å². The summed E-state index contributed by atoms with van der Waals surface area (Å²) in [5.41, 5.74) is 8.86. The van der Waals surface area contributed by atoms with Crippen LogP contribution in [0.25, 0.3) is 11.0 Å². The zero-order valence-corrected chi connectivity index (χ0v) is 9.73. The third-order valence-corrected chi connectivity index (χ3v) is 3.81. The number of rotatable bonds is 2. The fraction of sp³-hybridized carbons (Fsp3) is 0.385. The van der Waals surface area contributed by atoms with Crippen molar-refractivity contribution in [3.8, 4) is 0 Å². The first-order valence-corrected chi connectivity index (χ1v) is 5.87. The Morgan fingerprint density at radius 3 is 2.88 bits per heavy atom. The molecule has 1 heterocycles.